The number of sulfonamides is 1. The van der Waals surface area contributed by atoms with E-state index in [1.54, 1.807) is 30.3 Å². The van der Waals surface area contributed by atoms with Crippen molar-refractivity contribution in [3.63, 3.8) is 0 Å². The number of hydrogen-bond acceptors (Lipinski definition) is 7. The Morgan fingerprint density at radius 2 is 1.67 bits per heavy atom. The number of pyridine rings is 1. The molecule has 1 aromatic carbocycles. The predicted octanol–water partition coefficient (Wildman–Crippen LogP) is 3.99. The van der Waals surface area contributed by atoms with E-state index >= 15 is 0 Å². The first-order valence-corrected chi connectivity index (χ1v) is 18.0. The lowest BCUT2D eigenvalue weighted by Gasteiger charge is -2.52. The van der Waals surface area contributed by atoms with E-state index in [0.29, 0.717) is 54.5 Å². The molecule has 2 amide bonds. The predicted molar refractivity (Wildman–Crippen MR) is 177 cm³/mol. The third-order valence-corrected chi connectivity index (χ3v) is 12.5. The summed E-state index contributed by atoms with van der Waals surface area (Å²) in [6.45, 7) is 11.0. The van der Waals surface area contributed by atoms with E-state index < -0.39 is 10.0 Å². The van der Waals surface area contributed by atoms with Gasteiger partial charge in [0.2, 0.25) is 21.8 Å². The number of nitrogens with one attached hydrogen (secondary N) is 1. The number of aromatic nitrogens is 1. The van der Waals surface area contributed by atoms with E-state index in [-0.39, 0.29) is 23.4 Å². The number of anilines is 1. The van der Waals surface area contributed by atoms with Gasteiger partial charge in [-0.1, -0.05) is 18.0 Å². The number of halogens is 1. The van der Waals surface area contributed by atoms with E-state index in [1.807, 2.05) is 36.4 Å². The van der Waals surface area contributed by atoms with Gasteiger partial charge in [-0.15, -0.1) is 0 Å². The number of amides is 2. The van der Waals surface area contributed by atoms with Crippen LogP contribution < -0.4 is 10.2 Å². The van der Waals surface area contributed by atoms with Crippen molar-refractivity contribution in [3.8, 4) is 0 Å². The standard InChI is InChI=1S/C33H47ClN6O4S/c1-25-23-31(26(2)22-30(25)34)45(43,44)40-15-5-4-6-29(40)7-8-32(42)38-16-11-33(12-17-38,24-36-27(3)41)39-20-18-37(19-21-39)28-9-13-35-14-10-28/h9-10,13-14,22-23,29H,4-8,11-12,15-21,24H2,1-3H3,(H,36,41). The van der Waals surface area contributed by atoms with Gasteiger partial charge in [-0.05, 0) is 81.3 Å². The van der Waals surface area contributed by atoms with Gasteiger partial charge in [-0.3, -0.25) is 19.5 Å². The molecule has 0 saturated carbocycles. The van der Waals surface area contributed by atoms with Crippen molar-refractivity contribution in [2.75, 3.05) is 57.3 Å². The number of benzene rings is 1. The number of likely N-dealkylation sites (tertiary alicyclic amines) is 1. The van der Waals surface area contributed by atoms with E-state index in [1.165, 1.54) is 5.69 Å². The molecule has 0 radical (unpaired) electrons. The van der Waals surface area contributed by atoms with Crippen molar-refractivity contribution in [1.29, 1.82) is 0 Å². The Balaban J connectivity index is 1.20. The number of nitrogens with zero attached hydrogens (tertiary/aromatic N) is 5. The Morgan fingerprint density at radius 3 is 2.33 bits per heavy atom. The summed E-state index contributed by atoms with van der Waals surface area (Å²) in [4.78, 5) is 36.7. The minimum atomic E-state index is -3.71. The second kappa shape index (κ2) is 14.4. The monoisotopic (exact) mass is 658 g/mol. The Kier molecular flexibility index (Phi) is 10.7. The number of carbonyl (C=O) groups excluding carboxylic acids is 2. The van der Waals surface area contributed by atoms with Crippen molar-refractivity contribution in [3.05, 3.63) is 52.8 Å². The van der Waals surface area contributed by atoms with E-state index in [2.05, 4.69) is 20.1 Å². The first kappa shape index (κ1) is 33.6. The van der Waals surface area contributed by atoms with Gasteiger partial charge in [-0.2, -0.15) is 4.31 Å². The molecule has 2 aromatic rings. The Bertz CT molecular complexity index is 1460. The van der Waals surface area contributed by atoms with Gasteiger partial charge in [0.15, 0.2) is 0 Å². The van der Waals surface area contributed by atoms with Crippen LogP contribution in [0.15, 0.2) is 41.6 Å². The lowest BCUT2D eigenvalue weighted by Crippen LogP contribution is -2.65. The highest BCUT2D eigenvalue weighted by Crippen LogP contribution is 2.34. The summed E-state index contributed by atoms with van der Waals surface area (Å²) < 4.78 is 29.2. The van der Waals surface area contributed by atoms with Gasteiger partial charge in [0.05, 0.1) is 4.90 Å². The molecule has 1 unspecified atom stereocenters. The fraction of sp³-hybridized carbons (Fsp3) is 0.606. The van der Waals surface area contributed by atoms with Gasteiger partial charge in [0, 0.05) is 100 Å². The Labute approximate surface area is 273 Å². The SMILES string of the molecule is CC(=O)NCC1(N2CCN(c3ccncc3)CC2)CCN(C(=O)CCC2CCCCN2S(=O)(=O)c2cc(C)c(Cl)cc2C)CC1. The molecule has 10 nitrogen and oxygen atoms in total. The number of hydrogen-bond donors (Lipinski definition) is 1. The highest BCUT2D eigenvalue weighted by atomic mass is 35.5. The summed E-state index contributed by atoms with van der Waals surface area (Å²) in [5.74, 6) is 0.0336. The van der Waals surface area contributed by atoms with Crippen LogP contribution >= 0.6 is 11.6 Å². The van der Waals surface area contributed by atoms with E-state index in [4.69, 9.17) is 11.6 Å². The molecule has 0 bridgehead atoms. The van der Waals surface area contributed by atoms with Crippen LogP contribution in [-0.4, -0.2) is 103 Å². The van der Waals surface area contributed by atoms with E-state index in [0.717, 1.165) is 63.8 Å². The molecule has 1 atom stereocenters. The number of aryl methyl sites for hydroxylation is 2. The molecular weight excluding hydrogens is 612 g/mol. The molecule has 0 aliphatic carbocycles. The maximum Gasteiger partial charge on any atom is 0.243 e. The van der Waals surface area contributed by atoms with Crippen molar-refractivity contribution in [2.45, 2.75) is 82.2 Å². The first-order chi connectivity index (χ1) is 21.5. The molecule has 3 aliphatic heterocycles. The third-order valence-electron chi connectivity index (χ3n) is 10.00. The first-order valence-electron chi connectivity index (χ1n) is 16.2. The fourth-order valence-corrected chi connectivity index (χ4v) is 9.48. The maximum atomic E-state index is 13.8. The summed E-state index contributed by atoms with van der Waals surface area (Å²) in [6, 6.07) is 7.26. The largest absolute Gasteiger partial charge is 0.369 e. The topological polar surface area (TPSA) is 106 Å². The van der Waals surface area contributed by atoms with Crippen LogP contribution in [0.2, 0.25) is 5.02 Å². The van der Waals surface area contributed by atoms with Crippen molar-refractivity contribution in [1.82, 2.24) is 24.4 Å². The van der Waals surface area contributed by atoms with Crippen LogP contribution in [-0.2, 0) is 19.6 Å². The summed E-state index contributed by atoms with van der Waals surface area (Å²) >= 11 is 6.26. The fourth-order valence-electron chi connectivity index (χ4n) is 7.25. The van der Waals surface area contributed by atoms with Gasteiger partial charge in [0.25, 0.3) is 0 Å². The maximum absolute atomic E-state index is 13.8. The summed E-state index contributed by atoms with van der Waals surface area (Å²) in [6.07, 6.45) is 8.55. The normalized spacial score (nSPS) is 21.5. The number of piperidine rings is 2. The van der Waals surface area contributed by atoms with E-state index in [9.17, 15) is 18.0 Å². The van der Waals surface area contributed by atoms with Crippen LogP contribution in [0.25, 0.3) is 0 Å². The Morgan fingerprint density at radius 1 is 0.978 bits per heavy atom. The molecule has 45 heavy (non-hydrogen) atoms. The van der Waals surface area contributed by atoms with Crippen LogP contribution in [0.3, 0.4) is 0 Å². The lowest BCUT2D eigenvalue weighted by molar-refractivity contribution is -0.135. The van der Waals surface area contributed by atoms with Crippen molar-refractivity contribution < 1.29 is 18.0 Å². The number of rotatable bonds is 9. The highest BCUT2D eigenvalue weighted by Gasteiger charge is 2.42. The number of piperazine rings is 1. The molecule has 4 heterocycles. The zero-order valence-electron chi connectivity index (χ0n) is 26.8. The molecule has 5 rings (SSSR count). The number of carbonyl (C=O) groups is 2. The molecule has 3 fully saturated rings. The average Bonchev–Trinajstić information content (AvgIpc) is 3.05. The lowest BCUT2D eigenvalue weighted by atomic mass is 9.84. The third kappa shape index (κ3) is 7.64. The molecule has 12 heteroatoms. The van der Waals surface area contributed by atoms with Gasteiger partial charge in [-0.25, -0.2) is 8.42 Å². The summed E-state index contributed by atoms with van der Waals surface area (Å²) in [5.41, 5.74) is 2.35. The van der Waals surface area contributed by atoms with Crippen LogP contribution in [0.4, 0.5) is 5.69 Å². The zero-order valence-corrected chi connectivity index (χ0v) is 28.4. The quantitative estimate of drug-likeness (QED) is 0.434. The zero-order chi connectivity index (χ0) is 32.2. The molecule has 1 aromatic heterocycles. The highest BCUT2D eigenvalue weighted by molar-refractivity contribution is 7.89. The summed E-state index contributed by atoms with van der Waals surface area (Å²) in [7, 11) is -3.71. The van der Waals surface area contributed by atoms with Crippen LogP contribution in [0.5, 0.6) is 0 Å². The molecule has 3 saturated heterocycles. The van der Waals surface area contributed by atoms with Gasteiger partial charge < -0.3 is 15.1 Å². The molecule has 3 aliphatic rings. The van der Waals surface area contributed by atoms with Crippen molar-refractivity contribution >= 4 is 39.1 Å². The second-order valence-corrected chi connectivity index (χ2v) is 15.1. The van der Waals surface area contributed by atoms with Crippen LogP contribution in [0.1, 0.15) is 63.0 Å². The van der Waals surface area contributed by atoms with Crippen molar-refractivity contribution in [2.24, 2.45) is 0 Å². The molecule has 0 spiro atoms. The van der Waals surface area contributed by atoms with Gasteiger partial charge >= 0.3 is 0 Å². The second-order valence-electron chi connectivity index (χ2n) is 12.9. The molecular formula is C33H47ClN6O4S. The summed E-state index contributed by atoms with van der Waals surface area (Å²) in [5, 5.41) is 3.63. The smallest absolute Gasteiger partial charge is 0.243 e. The average molecular weight is 659 g/mol. The minimum Gasteiger partial charge on any atom is -0.369 e. The minimum absolute atomic E-state index is 0.0424. The van der Waals surface area contributed by atoms with Gasteiger partial charge in [0.1, 0.15) is 0 Å². The molecule has 246 valence electrons. The Hall–Kier alpha value is -2.73. The molecule has 1 N–H and O–H groups in total. The van der Waals surface area contributed by atoms with Crippen LogP contribution in [0, 0.1) is 13.8 Å².